The maximum absolute atomic E-state index is 2.48. The van der Waals surface area contributed by atoms with E-state index >= 15 is 0 Å². The van der Waals surface area contributed by atoms with Crippen molar-refractivity contribution in [2.75, 3.05) is 0 Å². The van der Waals surface area contributed by atoms with Crippen molar-refractivity contribution in [2.24, 2.45) is 23.7 Å². The van der Waals surface area contributed by atoms with Crippen LogP contribution in [0.5, 0.6) is 0 Å². The SMILES string of the molecule is CCC1CCCC1CC1CCCC1C. The van der Waals surface area contributed by atoms with E-state index in [4.69, 9.17) is 0 Å². The molecule has 0 spiro atoms. The Morgan fingerprint density at radius 1 is 0.857 bits per heavy atom. The Labute approximate surface area is 89.5 Å². The number of hydrogen-bond acceptors (Lipinski definition) is 0. The first-order valence-electron chi connectivity index (χ1n) is 6.81. The summed E-state index contributed by atoms with van der Waals surface area (Å²) in [5, 5.41) is 0. The lowest BCUT2D eigenvalue weighted by atomic mass is 9.82. The molecule has 0 N–H and O–H groups in total. The van der Waals surface area contributed by atoms with Crippen LogP contribution in [0.4, 0.5) is 0 Å². The smallest absolute Gasteiger partial charge is 0.0383 e. The van der Waals surface area contributed by atoms with Crippen molar-refractivity contribution in [3.05, 3.63) is 0 Å². The summed E-state index contributed by atoms with van der Waals surface area (Å²) >= 11 is 0. The topological polar surface area (TPSA) is 0 Å². The minimum atomic E-state index is 1.04. The monoisotopic (exact) mass is 194 g/mol. The van der Waals surface area contributed by atoms with Crippen LogP contribution in [0.25, 0.3) is 0 Å². The first kappa shape index (κ1) is 10.5. The summed E-state index contributed by atoms with van der Waals surface area (Å²) in [5.74, 6) is 4.31. The molecule has 0 radical (unpaired) electrons. The molecule has 0 nitrogen and oxygen atoms in total. The van der Waals surface area contributed by atoms with E-state index in [0.717, 1.165) is 23.7 Å². The van der Waals surface area contributed by atoms with Gasteiger partial charge in [0, 0.05) is 0 Å². The summed E-state index contributed by atoms with van der Waals surface area (Å²) in [6, 6.07) is 0. The van der Waals surface area contributed by atoms with Gasteiger partial charge in [-0.2, -0.15) is 0 Å². The molecule has 0 aromatic carbocycles. The minimum Gasteiger partial charge on any atom is -0.0651 e. The molecular weight excluding hydrogens is 168 g/mol. The van der Waals surface area contributed by atoms with Crippen molar-refractivity contribution in [3.8, 4) is 0 Å². The maximum Gasteiger partial charge on any atom is -0.0383 e. The van der Waals surface area contributed by atoms with E-state index in [9.17, 15) is 0 Å². The van der Waals surface area contributed by atoms with E-state index in [-0.39, 0.29) is 0 Å². The molecule has 0 aromatic rings. The van der Waals surface area contributed by atoms with Crippen LogP contribution >= 0.6 is 0 Å². The highest BCUT2D eigenvalue weighted by Crippen LogP contribution is 2.43. The van der Waals surface area contributed by atoms with Crippen molar-refractivity contribution in [2.45, 2.75) is 65.2 Å². The molecular formula is C14H26. The van der Waals surface area contributed by atoms with Gasteiger partial charge in [0.1, 0.15) is 0 Å². The Kier molecular flexibility index (Phi) is 3.52. The average molecular weight is 194 g/mol. The van der Waals surface area contributed by atoms with Crippen molar-refractivity contribution in [3.63, 3.8) is 0 Å². The van der Waals surface area contributed by atoms with Crippen LogP contribution in [0.1, 0.15) is 65.2 Å². The Balaban J connectivity index is 1.83. The Bertz CT molecular complexity index is 173. The predicted molar refractivity (Wildman–Crippen MR) is 62.2 cm³/mol. The van der Waals surface area contributed by atoms with E-state index in [1.54, 1.807) is 12.8 Å². The lowest BCUT2D eigenvalue weighted by Crippen LogP contribution is -2.14. The molecule has 2 saturated carbocycles. The largest absolute Gasteiger partial charge is 0.0651 e. The predicted octanol–water partition coefficient (Wildman–Crippen LogP) is 4.64. The van der Waals surface area contributed by atoms with Crippen molar-refractivity contribution >= 4 is 0 Å². The van der Waals surface area contributed by atoms with Crippen LogP contribution in [-0.2, 0) is 0 Å². The first-order chi connectivity index (χ1) is 6.81. The van der Waals surface area contributed by atoms with E-state index in [1.807, 2.05) is 0 Å². The molecule has 0 amide bonds. The lowest BCUT2D eigenvalue weighted by molar-refractivity contribution is 0.266. The van der Waals surface area contributed by atoms with Gasteiger partial charge in [-0.3, -0.25) is 0 Å². The molecule has 2 fully saturated rings. The fourth-order valence-electron chi connectivity index (χ4n) is 3.92. The second kappa shape index (κ2) is 4.68. The molecule has 0 bridgehead atoms. The van der Waals surface area contributed by atoms with Gasteiger partial charge in [0.15, 0.2) is 0 Å². The third-order valence-corrected chi connectivity index (χ3v) is 4.99. The van der Waals surface area contributed by atoms with Gasteiger partial charge in [-0.25, -0.2) is 0 Å². The zero-order chi connectivity index (χ0) is 9.97. The molecule has 0 saturated heterocycles. The van der Waals surface area contributed by atoms with Crippen LogP contribution in [-0.4, -0.2) is 0 Å². The molecule has 0 aromatic heterocycles. The van der Waals surface area contributed by atoms with Crippen LogP contribution in [0, 0.1) is 23.7 Å². The summed E-state index contributed by atoms with van der Waals surface area (Å²) < 4.78 is 0. The second-order valence-electron chi connectivity index (χ2n) is 5.76. The molecule has 2 aliphatic carbocycles. The van der Waals surface area contributed by atoms with E-state index in [2.05, 4.69) is 13.8 Å². The Hall–Kier alpha value is 0. The molecule has 2 aliphatic rings. The minimum absolute atomic E-state index is 1.04. The van der Waals surface area contributed by atoms with Crippen molar-refractivity contribution in [1.82, 2.24) is 0 Å². The van der Waals surface area contributed by atoms with Crippen LogP contribution < -0.4 is 0 Å². The molecule has 0 heteroatoms. The van der Waals surface area contributed by atoms with E-state index < -0.39 is 0 Å². The average Bonchev–Trinajstić information content (AvgIpc) is 2.77. The molecule has 0 aliphatic heterocycles. The first-order valence-corrected chi connectivity index (χ1v) is 6.81. The molecule has 82 valence electrons. The van der Waals surface area contributed by atoms with Gasteiger partial charge in [-0.05, 0) is 30.1 Å². The highest BCUT2D eigenvalue weighted by Gasteiger charge is 2.31. The standard InChI is InChI=1S/C14H26/c1-3-12-7-5-9-14(12)10-13-8-4-6-11(13)2/h11-14H,3-10H2,1-2H3. The van der Waals surface area contributed by atoms with E-state index in [0.29, 0.717) is 0 Å². The summed E-state index contributed by atoms with van der Waals surface area (Å²) in [6.45, 7) is 4.87. The zero-order valence-electron chi connectivity index (χ0n) is 9.97. The van der Waals surface area contributed by atoms with Gasteiger partial charge >= 0.3 is 0 Å². The fourth-order valence-corrected chi connectivity index (χ4v) is 3.92. The van der Waals surface area contributed by atoms with Crippen molar-refractivity contribution < 1.29 is 0 Å². The highest BCUT2D eigenvalue weighted by atomic mass is 14.4. The molecule has 0 heterocycles. The van der Waals surface area contributed by atoms with Crippen LogP contribution in [0.3, 0.4) is 0 Å². The van der Waals surface area contributed by atoms with Gasteiger partial charge in [0.25, 0.3) is 0 Å². The molecule has 4 unspecified atom stereocenters. The summed E-state index contributed by atoms with van der Waals surface area (Å²) in [7, 11) is 0. The molecule has 4 atom stereocenters. The van der Waals surface area contributed by atoms with Gasteiger partial charge in [0.2, 0.25) is 0 Å². The fraction of sp³-hybridized carbons (Fsp3) is 1.00. The Morgan fingerprint density at radius 2 is 1.50 bits per heavy atom. The lowest BCUT2D eigenvalue weighted by Gasteiger charge is -2.24. The van der Waals surface area contributed by atoms with Crippen molar-refractivity contribution in [1.29, 1.82) is 0 Å². The number of rotatable bonds is 3. The van der Waals surface area contributed by atoms with Gasteiger partial charge < -0.3 is 0 Å². The van der Waals surface area contributed by atoms with Crippen LogP contribution in [0.2, 0.25) is 0 Å². The van der Waals surface area contributed by atoms with Gasteiger partial charge in [-0.15, -0.1) is 0 Å². The normalized spacial score (nSPS) is 43.3. The molecule has 2 rings (SSSR count). The van der Waals surface area contributed by atoms with Gasteiger partial charge in [0.05, 0.1) is 0 Å². The van der Waals surface area contributed by atoms with E-state index in [1.165, 1.54) is 38.5 Å². The highest BCUT2D eigenvalue weighted by molar-refractivity contribution is 4.82. The Morgan fingerprint density at radius 3 is 2.14 bits per heavy atom. The summed E-state index contributed by atoms with van der Waals surface area (Å²) in [6.07, 6.45) is 12.2. The van der Waals surface area contributed by atoms with Crippen LogP contribution in [0.15, 0.2) is 0 Å². The van der Waals surface area contributed by atoms with Gasteiger partial charge in [-0.1, -0.05) is 58.8 Å². The third kappa shape index (κ3) is 2.15. The quantitative estimate of drug-likeness (QED) is 0.614. The third-order valence-electron chi connectivity index (χ3n) is 4.99. The zero-order valence-corrected chi connectivity index (χ0v) is 9.97. The second-order valence-corrected chi connectivity index (χ2v) is 5.76. The summed E-state index contributed by atoms with van der Waals surface area (Å²) in [5.41, 5.74) is 0. The number of hydrogen-bond donors (Lipinski definition) is 0. The molecule has 14 heavy (non-hydrogen) atoms. The maximum atomic E-state index is 2.48. The summed E-state index contributed by atoms with van der Waals surface area (Å²) in [4.78, 5) is 0.